The lowest BCUT2D eigenvalue weighted by molar-refractivity contribution is 0.952. The van der Waals surface area contributed by atoms with Crippen LogP contribution in [0.1, 0.15) is 22.3 Å². The fourth-order valence-corrected chi connectivity index (χ4v) is 13.2. The Morgan fingerprint density at radius 2 is 0.550 bits per heavy atom. The van der Waals surface area contributed by atoms with E-state index in [1.807, 2.05) is 0 Å². The molecule has 80 heavy (non-hydrogen) atoms. The molecule has 0 spiro atoms. The number of benzene rings is 10. The number of hydrogen-bond donors (Lipinski definition) is 0. The van der Waals surface area contributed by atoms with Gasteiger partial charge in [-0.3, -0.25) is 9.13 Å². The van der Waals surface area contributed by atoms with Crippen molar-refractivity contribution in [2.75, 3.05) is 0 Å². The van der Waals surface area contributed by atoms with Gasteiger partial charge in [-0.25, -0.2) is 15.0 Å². The Labute approximate surface area is 461 Å². The zero-order valence-electron chi connectivity index (χ0n) is 44.6. The summed E-state index contributed by atoms with van der Waals surface area (Å²) in [6.45, 7) is 8.94. The van der Waals surface area contributed by atoms with Gasteiger partial charge in [-0.15, -0.1) is 0 Å². The summed E-state index contributed by atoms with van der Waals surface area (Å²) in [6.07, 6.45) is 0. The van der Waals surface area contributed by atoms with E-state index in [0.717, 1.165) is 161 Å². The molecule has 0 unspecified atom stereocenters. The molecule has 10 aromatic carbocycles. The molecule has 0 fully saturated rings. The SMILES string of the molecule is Cc1cccc2c3ccccc3n(-c3nc(-n4c5ccccc5c5cccc(C)c54)c(-n4c5ccccc5c5cccc(C)c54)c(-c4nc(-c5ccccc5)cc(-c5ccccc5)n4)c3-n3c4ccccc4c4cccc(C)c43)c12. The van der Waals surface area contributed by atoms with Gasteiger partial charge >= 0.3 is 0 Å². The molecule has 0 aliphatic heterocycles. The van der Waals surface area contributed by atoms with Gasteiger partial charge in [0.1, 0.15) is 11.4 Å². The van der Waals surface area contributed by atoms with Crippen LogP contribution in [-0.4, -0.2) is 33.2 Å². The van der Waals surface area contributed by atoms with Crippen LogP contribution in [0, 0.1) is 27.7 Å². The van der Waals surface area contributed by atoms with Crippen molar-refractivity contribution in [1.82, 2.24) is 33.2 Å². The number of para-hydroxylation sites is 8. The second-order valence-electron chi connectivity index (χ2n) is 21.3. The maximum absolute atomic E-state index is 6.51. The third-order valence-electron chi connectivity index (χ3n) is 16.7. The lowest BCUT2D eigenvalue weighted by Gasteiger charge is -2.27. The zero-order chi connectivity index (χ0) is 53.3. The molecule has 6 heterocycles. The standard InChI is InChI=1S/C73H51N7/c1-44-23-19-35-54-50-31-11-15-39-60(50)77(65(44)54)69-64(71-74-58(48-27-7-5-8-28-48)43-59(75-71)49-29-9-6-10-30-49)70(78-61-40-16-12-32-51(61)55-36-20-24-45(2)66(55)78)73(80-63-42-18-14-34-53(63)57-38-22-26-47(4)68(57)80)76-72(69)79-62-41-17-13-33-52(62)56-37-21-25-46(3)67(56)79/h5-43H,1-4H3. The molecule has 0 N–H and O–H groups in total. The van der Waals surface area contributed by atoms with E-state index in [2.05, 4.69) is 283 Å². The maximum atomic E-state index is 6.51. The van der Waals surface area contributed by atoms with E-state index in [1.165, 1.54) is 0 Å². The van der Waals surface area contributed by atoms with E-state index in [-0.39, 0.29) is 0 Å². The first-order chi connectivity index (χ1) is 39.4. The molecular weight excluding hydrogens is 975 g/mol. The van der Waals surface area contributed by atoms with E-state index < -0.39 is 0 Å². The molecule has 0 aliphatic carbocycles. The van der Waals surface area contributed by atoms with Crippen LogP contribution in [0.4, 0.5) is 0 Å². The smallest absolute Gasteiger partial charge is 0.165 e. The number of rotatable bonds is 7. The largest absolute Gasteiger partial charge is 0.305 e. The van der Waals surface area contributed by atoms with Crippen LogP contribution in [-0.2, 0) is 0 Å². The second kappa shape index (κ2) is 17.6. The highest BCUT2D eigenvalue weighted by atomic mass is 15.2. The Bertz CT molecular complexity index is 4910. The fourth-order valence-electron chi connectivity index (χ4n) is 13.2. The average molecular weight is 1030 g/mol. The molecule has 0 saturated heterocycles. The maximum Gasteiger partial charge on any atom is 0.165 e. The van der Waals surface area contributed by atoms with Crippen LogP contribution in [0.15, 0.2) is 237 Å². The molecule has 6 aromatic heterocycles. The van der Waals surface area contributed by atoms with Crippen molar-refractivity contribution in [3.63, 3.8) is 0 Å². The lowest BCUT2D eigenvalue weighted by Crippen LogP contribution is -2.17. The fraction of sp³-hybridized carbons (Fsp3) is 0.0548. The highest BCUT2D eigenvalue weighted by Gasteiger charge is 2.35. The van der Waals surface area contributed by atoms with Crippen molar-refractivity contribution in [2.45, 2.75) is 27.7 Å². The van der Waals surface area contributed by atoms with E-state index in [4.69, 9.17) is 15.0 Å². The second-order valence-corrected chi connectivity index (χ2v) is 21.3. The summed E-state index contributed by atoms with van der Waals surface area (Å²) in [5.41, 5.74) is 19.2. The van der Waals surface area contributed by atoms with Crippen LogP contribution < -0.4 is 0 Å². The van der Waals surface area contributed by atoms with Crippen molar-refractivity contribution in [1.29, 1.82) is 0 Å². The number of nitrogens with zero attached hydrogens (tertiary/aromatic N) is 7. The summed E-state index contributed by atoms with van der Waals surface area (Å²) in [5, 5.41) is 9.17. The van der Waals surface area contributed by atoms with Crippen LogP contribution in [0.2, 0.25) is 0 Å². The monoisotopic (exact) mass is 1030 g/mol. The van der Waals surface area contributed by atoms with Crippen molar-refractivity contribution in [2.24, 2.45) is 0 Å². The number of fused-ring (bicyclic) bond motifs is 12. The molecular formula is C73H51N7. The number of pyridine rings is 1. The topological polar surface area (TPSA) is 58.4 Å². The van der Waals surface area contributed by atoms with Crippen LogP contribution in [0.3, 0.4) is 0 Å². The molecule has 0 bridgehead atoms. The van der Waals surface area contributed by atoms with Crippen LogP contribution in [0.5, 0.6) is 0 Å². The normalized spacial score (nSPS) is 12.0. The Morgan fingerprint density at radius 3 is 0.900 bits per heavy atom. The third kappa shape index (κ3) is 6.58. The van der Waals surface area contributed by atoms with Gasteiger partial charge in [-0.05, 0) is 80.3 Å². The molecule has 0 amide bonds. The van der Waals surface area contributed by atoms with Gasteiger partial charge in [0.15, 0.2) is 17.5 Å². The first-order valence-electron chi connectivity index (χ1n) is 27.5. The summed E-state index contributed by atoms with van der Waals surface area (Å²) in [6, 6.07) is 85.3. The van der Waals surface area contributed by atoms with Crippen LogP contribution in [0.25, 0.3) is 144 Å². The Morgan fingerprint density at radius 1 is 0.263 bits per heavy atom. The predicted molar refractivity (Wildman–Crippen MR) is 332 cm³/mol. The molecule has 7 heteroatoms. The van der Waals surface area contributed by atoms with Gasteiger partial charge in [0, 0.05) is 54.2 Å². The molecule has 0 aliphatic rings. The van der Waals surface area contributed by atoms with E-state index >= 15 is 0 Å². The number of hydrogen-bond acceptors (Lipinski definition) is 3. The molecule has 0 radical (unpaired) electrons. The molecule has 378 valence electrons. The van der Waals surface area contributed by atoms with Crippen LogP contribution >= 0.6 is 0 Å². The predicted octanol–water partition coefficient (Wildman–Crippen LogP) is 18.5. The Hall–Kier alpha value is -10.4. The molecule has 16 aromatic rings. The van der Waals surface area contributed by atoms with Crippen molar-refractivity contribution in [3.05, 3.63) is 259 Å². The van der Waals surface area contributed by atoms with Crippen molar-refractivity contribution in [3.8, 4) is 56.9 Å². The molecule has 7 nitrogen and oxygen atoms in total. The van der Waals surface area contributed by atoms with Gasteiger partial charge in [-0.2, -0.15) is 0 Å². The highest BCUT2D eigenvalue weighted by Crippen LogP contribution is 2.50. The van der Waals surface area contributed by atoms with Gasteiger partial charge in [0.2, 0.25) is 0 Å². The minimum Gasteiger partial charge on any atom is -0.305 e. The minimum absolute atomic E-state index is 0.564. The van der Waals surface area contributed by atoms with E-state index in [1.54, 1.807) is 0 Å². The van der Waals surface area contributed by atoms with Crippen molar-refractivity contribution < 1.29 is 0 Å². The summed E-state index contributed by atoms with van der Waals surface area (Å²) < 4.78 is 9.90. The molecule has 16 rings (SSSR count). The molecule has 0 saturated carbocycles. The first-order valence-corrected chi connectivity index (χ1v) is 27.5. The lowest BCUT2D eigenvalue weighted by atomic mass is 10.0. The Kier molecular flexibility index (Phi) is 10.1. The highest BCUT2D eigenvalue weighted by molar-refractivity contribution is 6.16. The summed E-state index contributed by atoms with van der Waals surface area (Å²) in [5.74, 6) is 2.06. The van der Waals surface area contributed by atoms with Gasteiger partial charge in [0.05, 0.1) is 61.1 Å². The minimum atomic E-state index is 0.564. The van der Waals surface area contributed by atoms with Crippen molar-refractivity contribution >= 4 is 87.2 Å². The summed E-state index contributed by atoms with van der Waals surface area (Å²) in [7, 11) is 0. The zero-order valence-corrected chi connectivity index (χ0v) is 44.6. The van der Waals surface area contributed by atoms with Gasteiger partial charge in [-0.1, -0.05) is 206 Å². The summed E-state index contributed by atoms with van der Waals surface area (Å²) in [4.78, 5) is 18.4. The third-order valence-corrected chi connectivity index (χ3v) is 16.7. The Balaban J connectivity index is 1.27. The number of aromatic nitrogens is 7. The first kappa shape index (κ1) is 45.8. The van der Waals surface area contributed by atoms with E-state index in [9.17, 15) is 0 Å². The summed E-state index contributed by atoms with van der Waals surface area (Å²) >= 11 is 0. The quantitative estimate of drug-likeness (QED) is 0.160. The van der Waals surface area contributed by atoms with E-state index in [0.29, 0.717) is 5.82 Å². The molecule has 0 atom stereocenters. The van der Waals surface area contributed by atoms with Gasteiger partial charge in [0.25, 0.3) is 0 Å². The van der Waals surface area contributed by atoms with Gasteiger partial charge < -0.3 is 9.13 Å². The number of aryl methyl sites for hydroxylation is 4. The average Bonchev–Trinajstić information content (AvgIpc) is 4.42.